The molecule has 4 aromatic heterocycles. The molecule has 0 amide bonds. The third-order valence-electron chi connectivity index (χ3n) is 15.9. The van der Waals surface area contributed by atoms with E-state index in [9.17, 15) is 0 Å². The highest BCUT2D eigenvalue weighted by Gasteiger charge is 2.38. The molecule has 0 atom stereocenters. The van der Waals surface area contributed by atoms with E-state index in [0.717, 1.165) is 40.4 Å². The third-order valence-corrected chi connectivity index (χ3v) is 15.9. The van der Waals surface area contributed by atoms with E-state index >= 15 is 0 Å². The molecule has 0 saturated carbocycles. The molecule has 0 radical (unpaired) electrons. The first-order chi connectivity index (χ1) is 34.7. The zero-order chi connectivity index (χ0) is 47.8. The maximum absolute atomic E-state index is 5.13. The van der Waals surface area contributed by atoms with Crippen LogP contribution in [0.25, 0.3) is 111 Å². The van der Waals surface area contributed by atoms with Crippen LogP contribution >= 0.6 is 0 Å². The van der Waals surface area contributed by atoms with Crippen molar-refractivity contribution >= 4 is 88.0 Å². The van der Waals surface area contributed by atoms with E-state index in [2.05, 4.69) is 264 Å². The van der Waals surface area contributed by atoms with E-state index < -0.39 is 5.41 Å². The lowest BCUT2D eigenvalue weighted by atomic mass is 9.66. The Labute approximate surface area is 413 Å². The van der Waals surface area contributed by atoms with Crippen molar-refractivity contribution in [3.8, 4) is 22.7 Å². The van der Waals surface area contributed by atoms with Crippen LogP contribution in [0.15, 0.2) is 219 Å². The lowest BCUT2D eigenvalue weighted by molar-refractivity contribution is 0.521. The molecule has 1 aliphatic rings. The number of hydrogen-bond donors (Lipinski definition) is 0. The van der Waals surface area contributed by atoms with Gasteiger partial charge in [-0.3, -0.25) is 0 Å². The van der Waals surface area contributed by atoms with Gasteiger partial charge in [0, 0.05) is 71.4 Å². The number of rotatable bonds is 4. The molecule has 0 N–H and O–H groups in total. The van der Waals surface area contributed by atoms with E-state index in [1.165, 1.54) is 93.0 Å². The number of fused-ring (bicyclic) bond motifs is 14. The van der Waals surface area contributed by atoms with Crippen LogP contribution < -0.4 is 0 Å². The molecule has 71 heavy (non-hydrogen) atoms. The van der Waals surface area contributed by atoms with Crippen LogP contribution in [0.2, 0.25) is 0 Å². The molecule has 0 unspecified atom stereocenters. The number of aromatic nitrogens is 4. The second-order valence-corrected chi connectivity index (χ2v) is 20.7. The molecule has 0 aliphatic heterocycles. The fourth-order valence-corrected chi connectivity index (χ4v) is 12.6. The van der Waals surface area contributed by atoms with Crippen molar-refractivity contribution in [2.45, 2.75) is 44.9 Å². The summed E-state index contributed by atoms with van der Waals surface area (Å²) >= 11 is 0. The van der Waals surface area contributed by atoms with Gasteiger partial charge in [0.05, 0.1) is 44.3 Å². The van der Waals surface area contributed by atoms with E-state index in [-0.39, 0.29) is 5.41 Å². The highest BCUT2D eigenvalue weighted by Crippen LogP contribution is 2.51. The van der Waals surface area contributed by atoms with Crippen LogP contribution in [0.3, 0.4) is 0 Å². The van der Waals surface area contributed by atoms with Crippen molar-refractivity contribution in [1.29, 1.82) is 0 Å². The van der Waals surface area contributed by atoms with Gasteiger partial charge in [0.1, 0.15) is 0 Å². The van der Waals surface area contributed by atoms with Crippen LogP contribution in [-0.4, -0.2) is 18.3 Å². The average molecular weight is 913 g/mol. The van der Waals surface area contributed by atoms with E-state index in [1.807, 2.05) is 0 Å². The molecule has 340 valence electrons. The molecule has 0 spiro atoms. The van der Waals surface area contributed by atoms with Gasteiger partial charge in [-0.15, -0.1) is 0 Å². The number of nitrogens with zero attached hydrogens (tertiary/aromatic N) is 4. The number of allylic oxidation sites excluding steroid dienone is 2. The van der Waals surface area contributed by atoms with E-state index in [1.54, 1.807) is 0 Å². The molecule has 4 heteroatoms. The van der Waals surface area contributed by atoms with Crippen LogP contribution in [0.5, 0.6) is 0 Å². The third kappa shape index (κ3) is 5.91. The predicted octanol–water partition coefficient (Wildman–Crippen LogP) is 17.6. The van der Waals surface area contributed by atoms with Gasteiger partial charge < -0.3 is 18.3 Å². The molecule has 13 aromatic rings. The molecule has 4 heterocycles. The standard InChI is InChI=1S/C67H52N4/c1-43-63-52-29-10-16-35-59(52)70(46-23-18-21-44(41-46)68-55-31-12-6-25-48(55)49-26-7-13-32-56(49)68)61(63)37-20-40-66(2,3)65-54(67(43,4)5)38-39-62-64(65)53-30-11-17-36-60(53)71(62)47-24-19-22-45(42-47)69-57-33-14-8-27-50(57)51-28-9-15-34-58(51)69/h6-39,41-42H,1,40H2,2-5H3/b37-20-. The van der Waals surface area contributed by atoms with E-state index in [4.69, 9.17) is 6.58 Å². The molecule has 4 nitrogen and oxygen atoms in total. The fourth-order valence-electron chi connectivity index (χ4n) is 12.6. The summed E-state index contributed by atoms with van der Waals surface area (Å²) in [5, 5.41) is 8.81. The number of para-hydroxylation sites is 6. The lowest BCUT2D eigenvalue weighted by Gasteiger charge is -2.37. The normalized spacial score (nSPS) is 15.1. The summed E-state index contributed by atoms with van der Waals surface area (Å²) in [6.45, 7) is 14.8. The summed E-state index contributed by atoms with van der Waals surface area (Å²) in [4.78, 5) is 0. The summed E-state index contributed by atoms with van der Waals surface area (Å²) in [6, 6.07) is 75.9. The molecule has 9 aromatic carbocycles. The van der Waals surface area contributed by atoms with Crippen molar-refractivity contribution in [2.24, 2.45) is 0 Å². The van der Waals surface area contributed by atoms with Gasteiger partial charge in [-0.05, 0) is 113 Å². The molecular formula is C67H52N4. The molecule has 0 fully saturated rings. The molecular weight excluding hydrogens is 861 g/mol. The van der Waals surface area contributed by atoms with Crippen LogP contribution in [0.1, 0.15) is 56.5 Å². The fraction of sp³-hybridized carbons (Fsp3) is 0.104. The number of hydrogen-bond acceptors (Lipinski definition) is 0. The highest BCUT2D eigenvalue weighted by molar-refractivity contribution is 6.13. The van der Waals surface area contributed by atoms with Crippen molar-refractivity contribution in [3.05, 3.63) is 241 Å². The zero-order valence-electron chi connectivity index (χ0n) is 40.5. The smallest absolute Gasteiger partial charge is 0.0544 e. The Morgan fingerprint density at radius 2 is 0.761 bits per heavy atom. The van der Waals surface area contributed by atoms with Crippen molar-refractivity contribution < 1.29 is 0 Å². The van der Waals surface area contributed by atoms with Crippen molar-refractivity contribution in [2.75, 3.05) is 0 Å². The topological polar surface area (TPSA) is 19.7 Å². The summed E-state index contributed by atoms with van der Waals surface area (Å²) in [5.41, 5.74) is 18.3. The first-order valence-corrected chi connectivity index (χ1v) is 24.9. The Hall–Kier alpha value is -8.60. The Morgan fingerprint density at radius 1 is 0.380 bits per heavy atom. The van der Waals surface area contributed by atoms with Crippen molar-refractivity contribution in [3.63, 3.8) is 0 Å². The average Bonchev–Trinajstić information content (AvgIpc) is 4.13. The Morgan fingerprint density at radius 3 is 1.24 bits per heavy atom. The lowest BCUT2D eigenvalue weighted by Crippen LogP contribution is -2.28. The van der Waals surface area contributed by atoms with Gasteiger partial charge in [0.2, 0.25) is 0 Å². The van der Waals surface area contributed by atoms with Crippen molar-refractivity contribution in [1.82, 2.24) is 18.3 Å². The molecule has 1 aliphatic carbocycles. The van der Waals surface area contributed by atoms with Gasteiger partial charge >= 0.3 is 0 Å². The second-order valence-electron chi connectivity index (χ2n) is 20.7. The summed E-state index contributed by atoms with van der Waals surface area (Å²) in [5.74, 6) is 0. The minimum atomic E-state index is -0.458. The zero-order valence-corrected chi connectivity index (χ0v) is 40.5. The Balaban J connectivity index is 0.959. The van der Waals surface area contributed by atoms with Gasteiger partial charge in [-0.2, -0.15) is 0 Å². The predicted molar refractivity (Wildman–Crippen MR) is 301 cm³/mol. The first-order valence-electron chi connectivity index (χ1n) is 24.9. The molecule has 0 saturated heterocycles. The first kappa shape index (κ1) is 41.4. The largest absolute Gasteiger partial charge is 0.309 e. The quantitative estimate of drug-likeness (QED) is 0.168. The second kappa shape index (κ2) is 15.2. The summed E-state index contributed by atoms with van der Waals surface area (Å²) in [7, 11) is 0. The minimum Gasteiger partial charge on any atom is -0.309 e. The SMILES string of the molecule is C=C1c2c(n(-c3cccc(-n4c5ccccc5c5ccccc54)c3)c3ccccc23)/C=C\CC(C)(C)c2c(ccc3c2c2ccccc2n3-c2cccc(-n3c4ccccc4c4ccccc43)c2)C1(C)C. The van der Waals surface area contributed by atoms with E-state index in [0.29, 0.717) is 0 Å². The summed E-state index contributed by atoms with van der Waals surface area (Å²) < 4.78 is 9.80. The number of benzene rings is 9. The van der Waals surface area contributed by atoms with Gasteiger partial charge in [-0.1, -0.05) is 168 Å². The Kier molecular flexibility index (Phi) is 8.86. The molecule has 14 rings (SSSR count). The van der Waals surface area contributed by atoms with Crippen LogP contribution in [-0.2, 0) is 10.8 Å². The van der Waals surface area contributed by atoms with Crippen LogP contribution in [0.4, 0.5) is 0 Å². The van der Waals surface area contributed by atoms with Gasteiger partial charge in [0.15, 0.2) is 0 Å². The maximum atomic E-state index is 5.13. The monoisotopic (exact) mass is 912 g/mol. The summed E-state index contributed by atoms with van der Waals surface area (Å²) in [6.07, 6.45) is 5.65. The minimum absolute atomic E-state index is 0.256. The maximum Gasteiger partial charge on any atom is 0.0544 e. The van der Waals surface area contributed by atoms with Gasteiger partial charge in [0.25, 0.3) is 0 Å². The highest BCUT2D eigenvalue weighted by atomic mass is 15.0. The Bertz CT molecular complexity index is 4290. The van der Waals surface area contributed by atoms with Gasteiger partial charge in [-0.25, -0.2) is 0 Å². The van der Waals surface area contributed by atoms with Crippen LogP contribution in [0, 0.1) is 0 Å². The molecule has 0 bridgehead atoms.